The van der Waals surface area contributed by atoms with Crippen molar-refractivity contribution in [2.45, 2.75) is 6.92 Å². The normalized spacial score (nSPS) is 10.2. The first-order chi connectivity index (χ1) is 8.65. The van der Waals surface area contributed by atoms with Gasteiger partial charge in [-0.15, -0.1) is 11.3 Å². The topological polar surface area (TPSA) is 48.4 Å². The fourth-order valence-electron chi connectivity index (χ4n) is 1.54. The molecule has 0 amide bonds. The maximum absolute atomic E-state index is 11.2. The highest BCUT2D eigenvalue weighted by molar-refractivity contribution is 7.16. The minimum atomic E-state index is 0.0271. The van der Waals surface area contributed by atoms with Crippen LogP contribution in [-0.4, -0.2) is 25.0 Å². The molecule has 0 spiro atoms. The lowest BCUT2D eigenvalue weighted by Crippen LogP contribution is -1.90. The first-order valence-corrected chi connectivity index (χ1v) is 6.16. The first-order valence-electron chi connectivity index (χ1n) is 5.35. The van der Waals surface area contributed by atoms with Gasteiger partial charge >= 0.3 is 0 Å². The van der Waals surface area contributed by atoms with E-state index in [9.17, 15) is 4.79 Å². The summed E-state index contributed by atoms with van der Waals surface area (Å²) in [5.41, 5.74) is 0.908. The Balaban J connectivity index is 2.41. The highest BCUT2D eigenvalue weighted by Crippen LogP contribution is 2.33. The number of benzene rings is 1. The Morgan fingerprint density at radius 2 is 1.94 bits per heavy atom. The van der Waals surface area contributed by atoms with Gasteiger partial charge in [-0.2, -0.15) is 0 Å². The quantitative estimate of drug-likeness (QED) is 0.795. The number of aromatic nitrogens is 1. The maximum atomic E-state index is 11.2. The van der Waals surface area contributed by atoms with Gasteiger partial charge < -0.3 is 9.47 Å². The number of nitrogens with zero attached hydrogens (tertiary/aromatic N) is 1. The van der Waals surface area contributed by atoms with Gasteiger partial charge in [-0.05, 0) is 18.2 Å². The zero-order valence-electron chi connectivity index (χ0n) is 10.4. The van der Waals surface area contributed by atoms with Crippen LogP contribution in [0.15, 0.2) is 24.4 Å². The van der Waals surface area contributed by atoms with Gasteiger partial charge in [0.05, 0.1) is 19.1 Å². The molecule has 18 heavy (non-hydrogen) atoms. The number of ether oxygens (including phenoxy) is 2. The van der Waals surface area contributed by atoms with Crippen LogP contribution >= 0.6 is 11.3 Å². The van der Waals surface area contributed by atoms with Crippen molar-refractivity contribution in [2.24, 2.45) is 0 Å². The molecule has 5 heteroatoms. The zero-order chi connectivity index (χ0) is 13.1. The molecule has 0 aliphatic carbocycles. The van der Waals surface area contributed by atoms with Gasteiger partial charge in [0.15, 0.2) is 17.3 Å². The minimum Gasteiger partial charge on any atom is -0.493 e. The molecule has 1 aromatic heterocycles. The van der Waals surface area contributed by atoms with Crippen LogP contribution in [0.4, 0.5) is 0 Å². The number of methoxy groups -OCH3 is 2. The number of rotatable bonds is 4. The highest BCUT2D eigenvalue weighted by atomic mass is 32.1. The maximum Gasteiger partial charge on any atom is 0.171 e. The Bertz CT molecular complexity index is 577. The van der Waals surface area contributed by atoms with Crippen molar-refractivity contribution < 1.29 is 14.3 Å². The van der Waals surface area contributed by atoms with E-state index in [0.717, 1.165) is 10.6 Å². The smallest absolute Gasteiger partial charge is 0.171 e. The lowest BCUT2D eigenvalue weighted by atomic mass is 10.2. The second-order valence-corrected chi connectivity index (χ2v) is 4.69. The molecular weight excluding hydrogens is 250 g/mol. The van der Waals surface area contributed by atoms with Crippen molar-refractivity contribution >= 4 is 17.1 Å². The van der Waals surface area contributed by atoms with Gasteiger partial charge in [0.2, 0.25) is 0 Å². The Labute approximate surface area is 109 Å². The van der Waals surface area contributed by atoms with Crippen molar-refractivity contribution in [3.05, 3.63) is 29.3 Å². The monoisotopic (exact) mass is 263 g/mol. The van der Waals surface area contributed by atoms with Crippen molar-refractivity contribution in [1.29, 1.82) is 0 Å². The fraction of sp³-hybridized carbons (Fsp3) is 0.231. The van der Waals surface area contributed by atoms with E-state index in [1.807, 2.05) is 18.2 Å². The minimum absolute atomic E-state index is 0.0271. The fourth-order valence-corrected chi connectivity index (χ4v) is 2.35. The Hall–Kier alpha value is -1.88. The number of Topliss-reactive ketones (excluding diaryl/α,β-unsaturated/α-hetero) is 1. The average molecular weight is 263 g/mol. The van der Waals surface area contributed by atoms with Crippen molar-refractivity contribution in [3.8, 4) is 22.1 Å². The molecule has 0 radical (unpaired) electrons. The summed E-state index contributed by atoms with van der Waals surface area (Å²) in [5.74, 6) is 1.35. The number of hydrogen-bond acceptors (Lipinski definition) is 5. The van der Waals surface area contributed by atoms with Crippen LogP contribution in [0, 0.1) is 0 Å². The third-order valence-corrected chi connectivity index (χ3v) is 3.63. The molecular formula is C13H13NO3S. The average Bonchev–Trinajstić information content (AvgIpc) is 2.87. The van der Waals surface area contributed by atoms with Gasteiger partial charge in [-0.25, -0.2) is 4.98 Å². The molecule has 0 unspecified atom stereocenters. The summed E-state index contributed by atoms with van der Waals surface area (Å²) >= 11 is 1.37. The van der Waals surface area contributed by atoms with Gasteiger partial charge in [-0.3, -0.25) is 4.79 Å². The van der Waals surface area contributed by atoms with Crippen LogP contribution in [-0.2, 0) is 0 Å². The number of thiazole rings is 1. The Morgan fingerprint density at radius 1 is 1.22 bits per heavy atom. The summed E-state index contributed by atoms with van der Waals surface area (Å²) in [5, 5.41) is 0.793. The molecule has 4 nitrogen and oxygen atoms in total. The van der Waals surface area contributed by atoms with E-state index in [0.29, 0.717) is 16.4 Å². The largest absolute Gasteiger partial charge is 0.493 e. The van der Waals surface area contributed by atoms with Crippen molar-refractivity contribution in [2.75, 3.05) is 14.2 Å². The molecule has 0 N–H and O–H groups in total. The summed E-state index contributed by atoms with van der Waals surface area (Å²) in [6.45, 7) is 1.53. The van der Waals surface area contributed by atoms with E-state index >= 15 is 0 Å². The summed E-state index contributed by atoms with van der Waals surface area (Å²) in [7, 11) is 3.18. The third-order valence-electron chi connectivity index (χ3n) is 2.48. The second-order valence-electron chi connectivity index (χ2n) is 3.66. The van der Waals surface area contributed by atoms with E-state index < -0.39 is 0 Å². The molecule has 1 heterocycles. The summed E-state index contributed by atoms with van der Waals surface area (Å²) in [6, 6.07) is 5.56. The van der Waals surface area contributed by atoms with Crippen LogP contribution in [0.5, 0.6) is 11.5 Å². The van der Waals surface area contributed by atoms with Crippen LogP contribution in [0.1, 0.15) is 16.6 Å². The molecule has 1 aromatic carbocycles. The van der Waals surface area contributed by atoms with Crippen LogP contribution < -0.4 is 9.47 Å². The van der Waals surface area contributed by atoms with E-state index in [1.165, 1.54) is 18.3 Å². The standard InChI is InChI=1S/C13H13NO3S/c1-8(15)12-7-14-13(18-12)9-4-5-10(16-2)11(6-9)17-3/h4-7H,1-3H3. The molecule has 2 rings (SSSR count). The van der Waals surface area contributed by atoms with Crippen LogP contribution in [0.25, 0.3) is 10.6 Å². The molecule has 0 aliphatic rings. The van der Waals surface area contributed by atoms with Crippen LogP contribution in [0.2, 0.25) is 0 Å². The van der Waals surface area contributed by atoms with Gasteiger partial charge in [0.25, 0.3) is 0 Å². The van der Waals surface area contributed by atoms with E-state index in [4.69, 9.17) is 9.47 Å². The number of ketones is 1. The second kappa shape index (κ2) is 5.18. The molecule has 0 saturated heterocycles. The number of carbonyl (C=O) groups is 1. The molecule has 0 atom stereocenters. The van der Waals surface area contributed by atoms with Gasteiger partial charge in [-0.1, -0.05) is 0 Å². The molecule has 2 aromatic rings. The van der Waals surface area contributed by atoms with Gasteiger partial charge in [0.1, 0.15) is 5.01 Å². The summed E-state index contributed by atoms with van der Waals surface area (Å²) < 4.78 is 10.4. The molecule has 0 fully saturated rings. The zero-order valence-corrected chi connectivity index (χ0v) is 11.2. The molecule has 0 bridgehead atoms. The van der Waals surface area contributed by atoms with Crippen molar-refractivity contribution in [1.82, 2.24) is 4.98 Å². The number of hydrogen-bond donors (Lipinski definition) is 0. The third kappa shape index (κ3) is 2.36. The Kier molecular flexibility index (Phi) is 3.62. The van der Waals surface area contributed by atoms with E-state index in [-0.39, 0.29) is 5.78 Å². The predicted octanol–water partition coefficient (Wildman–Crippen LogP) is 3.03. The van der Waals surface area contributed by atoms with Gasteiger partial charge in [0, 0.05) is 18.7 Å². The van der Waals surface area contributed by atoms with E-state index in [1.54, 1.807) is 20.4 Å². The molecule has 94 valence electrons. The lowest BCUT2D eigenvalue weighted by molar-refractivity contribution is 0.102. The SMILES string of the molecule is COc1ccc(-c2ncc(C(C)=O)s2)cc1OC. The summed E-state index contributed by atoms with van der Waals surface area (Å²) in [4.78, 5) is 16.1. The van der Waals surface area contributed by atoms with E-state index in [2.05, 4.69) is 4.98 Å². The Morgan fingerprint density at radius 3 is 2.50 bits per heavy atom. The molecule has 0 saturated carbocycles. The predicted molar refractivity (Wildman–Crippen MR) is 70.7 cm³/mol. The first kappa shape index (κ1) is 12.6. The summed E-state index contributed by atoms with van der Waals surface area (Å²) in [6.07, 6.45) is 1.60. The lowest BCUT2D eigenvalue weighted by Gasteiger charge is -2.08. The van der Waals surface area contributed by atoms with Crippen LogP contribution in [0.3, 0.4) is 0 Å². The number of carbonyl (C=O) groups excluding carboxylic acids is 1. The molecule has 0 aliphatic heterocycles. The highest BCUT2D eigenvalue weighted by Gasteiger charge is 2.11. The van der Waals surface area contributed by atoms with Crippen molar-refractivity contribution in [3.63, 3.8) is 0 Å².